The first-order chi connectivity index (χ1) is 9.04. The lowest BCUT2D eigenvalue weighted by Gasteiger charge is -2.08. The van der Waals surface area contributed by atoms with Crippen LogP contribution in [0.1, 0.15) is 10.4 Å². The van der Waals surface area contributed by atoms with E-state index in [2.05, 4.69) is 15.3 Å². The quantitative estimate of drug-likeness (QED) is 0.891. The Hall–Kier alpha value is -1.85. The smallest absolute Gasteiger partial charge is 0.256 e. The number of rotatable bonds is 2. The molecule has 0 fully saturated rings. The fourth-order valence-electron chi connectivity index (χ4n) is 1.54. The minimum absolute atomic E-state index is 0.0698. The number of aromatic nitrogens is 2. The molecule has 0 aliphatic rings. The van der Waals surface area contributed by atoms with Crippen LogP contribution in [0.3, 0.4) is 0 Å². The molecule has 1 aromatic carbocycles. The summed E-state index contributed by atoms with van der Waals surface area (Å²) in [5.74, 6) is -0.00426. The van der Waals surface area contributed by atoms with Gasteiger partial charge in [-0.1, -0.05) is 29.3 Å². The van der Waals surface area contributed by atoms with Crippen molar-refractivity contribution in [2.45, 2.75) is 0 Å². The highest BCUT2D eigenvalue weighted by molar-refractivity contribution is 6.39. The maximum absolute atomic E-state index is 11.5. The molecule has 0 aliphatic heterocycles. The van der Waals surface area contributed by atoms with Crippen LogP contribution in [0.4, 0.5) is 5.82 Å². The number of carbonyl (C=O) groups excluding carboxylic acids is 1. The van der Waals surface area contributed by atoms with Gasteiger partial charge in [0.1, 0.15) is 5.82 Å². The van der Waals surface area contributed by atoms with Crippen molar-refractivity contribution in [3.63, 3.8) is 0 Å². The molecule has 2 rings (SSSR count). The van der Waals surface area contributed by atoms with Crippen LogP contribution in [0.5, 0.6) is 0 Å². The molecule has 98 valence electrons. The average Bonchev–Trinajstić information content (AvgIpc) is 2.38. The Kier molecular flexibility index (Phi) is 3.87. The molecule has 0 saturated carbocycles. The molecule has 0 spiro atoms. The normalized spacial score (nSPS) is 10.3. The molecular weight excluding hydrogens is 287 g/mol. The van der Waals surface area contributed by atoms with Crippen LogP contribution in [0, 0.1) is 0 Å². The van der Waals surface area contributed by atoms with Crippen LogP contribution < -0.4 is 11.1 Å². The Morgan fingerprint density at radius 1 is 1.32 bits per heavy atom. The van der Waals surface area contributed by atoms with Gasteiger partial charge < -0.3 is 11.1 Å². The molecule has 0 radical (unpaired) electrons. The summed E-state index contributed by atoms with van der Waals surface area (Å²) in [4.78, 5) is 19.6. The summed E-state index contributed by atoms with van der Waals surface area (Å²) in [5.41, 5.74) is 6.43. The summed E-state index contributed by atoms with van der Waals surface area (Å²) < 4.78 is 0. The van der Waals surface area contributed by atoms with E-state index in [-0.39, 0.29) is 23.1 Å². The van der Waals surface area contributed by atoms with Crippen molar-refractivity contribution in [3.8, 4) is 11.4 Å². The number of hydrogen-bond acceptors (Lipinski definition) is 4. The average molecular weight is 297 g/mol. The van der Waals surface area contributed by atoms with Crippen molar-refractivity contribution in [1.82, 2.24) is 15.3 Å². The number of amides is 1. The first kappa shape index (κ1) is 13.6. The Balaban J connectivity index is 2.54. The Labute approximate surface area is 119 Å². The van der Waals surface area contributed by atoms with E-state index in [9.17, 15) is 4.79 Å². The highest BCUT2D eigenvalue weighted by atomic mass is 35.5. The number of nitrogens with zero attached hydrogens (tertiary/aromatic N) is 2. The summed E-state index contributed by atoms with van der Waals surface area (Å²) in [5, 5.41) is 3.29. The van der Waals surface area contributed by atoms with Gasteiger partial charge in [0.2, 0.25) is 0 Å². The molecule has 0 saturated heterocycles. The van der Waals surface area contributed by atoms with Gasteiger partial charge in [0.25, 0.3) is 5.91 Å². The first-order valence-electron chi connectivity index (χ1n) is 5.33. The van der Waals surface area contributed by atoms with Gasteiger partial charge in [0.05, 0.1) is 21.2 Å². The topological polar surface area (TPSA) is 80.9 Å². The lowest BCUT2D eigenvalue weighted by molar-refractivity contribution is 0.0963. The number of anilines is 1. The van der Waals surface area contributed by atoms with E-state index >= 15 is 0 Å². The standard InChI is InChI=1S/C12H10Cl2N4O/c1-16-12(19)6-5-17-11(18-10(6)15)9-7(13)3-2-4-8(9)14/h2-5H,1H3,(H,16,19)(H2,15,17,18). The third-order valence-electron chi connectivity index (χ3n) is 2.48. The van der Waals surface area contributed by atoms with Gasteiger partial charge in [-0.3, -0.25) is 4.79 Å². The van der Waals surface area contributed by atoms with Gasteiger partial charge in [-0.05, 0) is 12.1 Å². The third kappa shape index (κ3) is 2.62. The molecule has 2 aromatic rings. The van der Waals surface area contributed by atoms with Crippen LogP contribution in [0.15, 0.2) is 24.4 Å². The SMILES string of the molecule is CNC(=O)c1cnc(-c2c(Cl)cccc2Cl)nc1N. The molecule has 7 heteroatoms. The van der Waals surface area contributed by atoms with E-state index in [1.807, 2.05) is 0 Å². The summed E-state index contributed by atoms with van der Waals surface area (Å²) in [6, 6.07) is 5.07. The lowest BCUT2D eigenvalue weighted by Crippen LogP contribution is -2.20. The van der Waals surface area contributed by atoms with Crippen molar-refractivity contribution >= 4 is 34.9 Å². The molecular formula is C12H10Cl2N4O. The van der Waals surface area contributed by atoms with E-state index in [0.29, 0.717) is 15.6 Å². The summed E-state index contributed by atoms with van der Waals surface area (Å²) >= 11 is 12.1. The van der Waals surface area contributed by atoms with Crippen LogP contribution in [0.2, 0.25) is 10.0 Å². The van der Waals surface area contributed by atoms with Gasteiger partial charge in [0.15, 0.2) is 5.82 Å². The zero-order chi connectivity index (χ0) is 14.0. The molecule has 0 atom stereocenters. The number of nitrogen functional groups attached to an aromatic ring is 1. The molecule has 19 heavy (non-hydrogen) atoms. The van der Waals surface area contributed by atoms with E-state index < -0.39 is 0 Å². The number of nitrogens with two attached hydrogens (primary N) is 1. The summed E-state index contributed by atoms with van der Waals surface area (Å²) in [7, 11) is 1.50. The molecule has 3 N–H and O–H groups in total. The van der Waals surface area contributed by atoms with Gasteiger partial charge in [0, 0.05) is 13.2 Å². The van der Waals surface area contributed by atoms with Crippen molar-refractivity contribution in [3.05, 3.63) is 40.0 Å². The molecule has 1 aromatic heterocycles. The predicted octanol–water partition coefficient (Wildman–Crippen LogP) is 2.39. The second kappa shape index (κ2) is 5.42. The van der Waals surface area contributed by atoms with Gasteiger partial charge in [-0.2, -0.15) is 0 Å². The zero-order valence-electron chi connectivity index (χ0n) is 9.95. The van der Waals surface area contributed by atoms with E-state index in [1.54, 1.807) is 18.2 Å². The van der Waals surface area contributed by atoms with Crippen LogP contribution in [-0.2, 0) is 0 Å². The summed E-state index contributed by atoms with van der Waals surface area (Å²) in [6.07, 6.45) is 1.34. The van der Waals surface area contributed by atoms with Crippen molar-refractivity contribution in [2.75, 3.05) is 12.8 Å². The summed E-state index contributed by atoms with van der Waals surface area (Å²) in [6.45, 7) is 0. The lowest BCUT2D eigenvalue weighted by atomic mass is 10.2. The first-order valence-corrected chi connectivity index (χ1v) is 6.09. The van der Waals surface area contributed by atoms with Crippen LogP contribution in [-0.4, -0.2) is 22.9 Å². The van der Waals surface area contributed by atoms with Crippen LogP contribution in [0.25, 0.3) is 11.4 Å². The molecule has 0 aliphatic carbocycles. The minimum Gasteiger partial charge on any atom is -0.383 e. The number of benzene rings is 1. The van der Waals surface area contributed by atoms with Crippen molar-refractivity contribution in [2.24, 2.45) is 0 Å². The maximum atomic E-state index is 11.5. The second-order valence-electron chi connectivity index (χ2n) is 3.67. The highest BCUT2D eigenvalue weighted by Gasteiger charge is 2.15. The third-order valence-corrected chi connectivity index (χ3v) is 3.11. The number of hydrogen-bond donors (Lipinski definition) is 2. The van der Waals surface area contributed by atoms with Gasteiger partial charge >= 0.3 is 0 Å². The van der Waals surface area contributed by atoms with Crippen molar-refractivity contribution in [1.29, 1.82) is 0 Å². The molecule has 0 bridgehead atoms. The molecule has 5 nitrogen and oxygen atoms in total. The number of nitrogens with one attached hydrogen (secondary N) is 1. The number of carbonyl (C=O) groups is 1. The predicted molar refractivity (Wildman–Crippen MR) is 75.3 cm³/mol. The second-order valence-corrected chi connectivity index (χ2v) is 4.48. The highest BCUT2D eigenvalue weighted by Crippen LogP contribution is 2.32. The Bertz CT molecular complexity index is 625. The largest absolute Gasteiger partial charge is 0.383 e. The molecule has 0 unspecified atom stereocenters. The van der Waals surface area contributed by atoms with Gasteiger partial charge in [-0.15, -0.1) is 0 Å². The molecule has 1 amide bonds. The Morgan fingerprint density at radius 3 is 2.47 bits per heavy atom. The van der Waals surface area contributed by atoms with Crippen LogP contribution >= 0.6 is 23.2 Å². The zero-order valence-corrected chi connectivity index (χ0v) is 11.5. The monoisotopic (exact) mass is 296 g/mol. The van der Waals surface area contributed by atoms with E-state index in [1.165, 1.54) is 13.2 Å². The minimum atomic E-state index is -0.352. The Morgan fingerprint density at radius 2 is 1.95 bits per heavy atom. The fraction of sp³-hybridized carbons (Fsp3) is 0.0833. The fourth-order valence-corrected chi connectivity index (χ4v) is 2.10. The molecule has 1 heterocycles. The van der Waals surface area contributed by atoms with E-state index in [0.717, 1.165) is 0 Å². The van der Waals surface area contributed by atoms with Gasteiger partial charge in [-0.25, -0.2) is 9.97 Å². The van der Waals surface area contributed by atoms with E-state index in [4.69, 9.17) is 28.9 Å². The van der Waals surface area contributed by atoms with Crippen molar-refractivity contribution < 1.29 is 4.79 Å². The maximum Gasteiger partial charge on any atom is 0.256 e. The number of halogens is 2.